The van der Waals surface area contributed by atoms with Crippen LogP contribution in [0.4, 0.5) is 0 Å². The predicted octanol–water partition coefficient (Wildman–Crippen LogP) is 4.45. The number of carbonyl (C=O) groups is 2. The van der Waals surface area contributed by atoms with Crippen molar-refractivity contribution in [3.05, 3.63) is 59.7 Å². The molecular formula is C26H34N2O4. The zero-order chi connectivity index (χ0) is 23.4. The Morgan fingerprint density at radius 1 is 0.844 bits per heavy atom. The molecule has 2 atom stereocenters. The first kappa shape index (κ1) is 23.6. The molecule has 0 heterocycles. The van der Waals surface area contributed by atoms with E-state index >= 15 is 0 Å². The fraction of sp³-hybridized carbons (Fsp3) is 0.462. The molecular weight excluding hydrogens is 404 g/mol. The molecule has 6 heteroatoms. The van der Waals surface area contributed by atoms with E-state index < -0.39 is 0 Å². The van der Waals surface area contributed by atoms with E-state index in [4.69, 9.17) is 9.47 Å². The molecule has 6 nitrogen and oxygen atoms in total. The second-order valence-corrected chi connectivity index (χ2v) is 9.87. The van der Waals surface area contributed by atoms with Gasteiger partial charge in [0.15, 0.2) is 0 Å². The largest absolute Gasteiger partial charge is 0.497 e. The van der Waals surface area contributed by atoms with Crippen molar-refractivity contribution in [2.45, 2.75) is 46.1 Å². The van der Waals surface area contributed by atoms with Crippen LogP contribution in [0.2, 0.25) is 0 Å². The van der Waals surface area contributed by atoms with Gasteiger partial charge in [0.1, 0.15) is 11.5 Å². The van der Waals surface area contributed by atoms with Crippen LogP contribution in [0.5, 0.6) is 11.5 Å². The van der Waals surface area contributed by atoms with Gasteiger partial charge in [0.05, 0.1) is 14.2 Å². The van der Waals surface area contributed by atoms with Crippen molar-refractivity contribution in [1.29, 1.82) is 0 Å². The quantitative estimate of drug-likeness (QED) is 0.670. The lowest BCUT2D eigenvalue weighted by Gasteiger charge is -2.47. The van der Waals surface area contributed by atoms with E-state index in [0.29, 0.717) is 17.7 Å². The Bertz CT molecular complexity index is 937. The van der Waals surface area contributed by atoms with E-state index in [0.717, 1.165) is 30.8 Å². The Balaban J connectivity index is 1.63. The highest BCUT2D eigenvalue weighted by Crippen LogP contribution is 2.45. The van der Waals surface area contributed by atoms with Crippen LogP contribution in [-0.2, 0) is 0 Å². The number of benzene rings is 2. The number of methoxy groups -OCH3 is 2. The van der Waals surface area contributed by atoms with Crippen molar-refractivity contribution in [2.24, 2.45) is 10.8 Å². The first-order valence-electron chi connectivity index (χ1n) is 11.0. The third-order valence-electron chi connectivity index (χ3n) is 6.16. The number of rotatable bonds is 7. The SMILES string of the molecule is COc1ccc(C(=O)NCC2(C)CC(NC(=O)c3ccc(OC)cc3)CC(C)(C)C2)cc1. The van der Waals surface area contributed by atoms with Crippen LogP contribution in [-0.4, -0.2) is 38.6 Å². The van der Waals surface area contributed by atoms with Gasteiger partial charge in [0.25, 0.3) is 11.8 Å². The van der Waals surface area contributed by atoms with Crippen LogP contribution in [0.25, 0.3) is 0 Å². The summed E-state index contributed by atoms with van der Waals surface area (Å²) in [6.45, 7) is 7.19. The number of hydrogen-bond acceptors (Lipinski definition) is 4. The van der Waals surface area contributed by atoms with Crippen LogP contribution in [0.3, 0.4) is 0 Å². The van der Waals surface area contributed by atoms with Crippen LogP contribution in [0.15, 0.2) is 48.5 Å². The molecule has 0 spiro atoms. The number of amides is 2. The summed E-state index contributed by atoms with van der Waals surface area (Å²) in [5.74, 6) is 1.26. The van der Waals surface area contributed by atoms with Crippen molar-refractivity contribution in [1.82, 2.24) is 10.6 Å². The van der Waals surface area contributed by atoms with E-state index in [1.807, 2.05) is 0 Å². The van der Waals surface area contributed by atoms with Crippen molar-refractivity contribution in [3.8, 4) is 11.5 Å². The summed E-state index contributed by atoms with van der Waals surface area (Å²) in [7, 11) is 3.21. The first-order chi connectivity index (χ1) is 15.1. The second kappa shape index (κ2) is 9.63. The molecule has 0 aromatic heterocycles. The molecule has 1 aliphatic rings. The summed E-state index contributed by atoms with van der Waals surface area (Å²) in [5, 5.41) is 6.31. The van der Waals surface area contributed by atoms with Crippen molar-refractivity contribution < 1.29 is 19.1 Å². The summed E-state index contributed by atoms with van der Waals surface area (Å²) in [5.41, 5.74) is 1.15. The maximum Gasteiger partial charge on any atom is 0.251 e. The average molecular weight is 439 g/mol. The number of carbonyl (C=O) groups excluding carboxylic acids is 2. The van der Waals surface area contributed by atoms with Gasteiger partial charge in [-0.05, 0) is 78.6 Å². The second-order valence-electron chi connectivity index (χ2n) is 9.87. The number of nitrogens with one attached hydrogen (secondary N) is 2. The highest BCUT2D eigenvalue weighted by molar-refractivity contribution is 5.95. The van der Waals surface area contributed by atoms with E-state index in [1.54, 1.807) is 62.8 Å². The van der Waals surface area contributed by atoms with Crippen LogP contribution in [0.1, 0.15) is 60.7 Å². The van der Waals surface area contributed by atoms with Crippen LogP contribution >= 0.6 is 0 Å². The molecule has 2 amide bonds. The molecule has 0 radical (unpaired) electrons. The van der Waals surface area contributed by atoms with Gasteiger partial charge in [0.2, 0.25) is 0 Å². The minimum absolute atomic E-state index is 0.0382. The highest BCUT2D eigenvalue weighted by Gasteiger charge is 2.42. The van der Waals surface area contributed by atoms with Crippen LogP contribution in [0, 0.1) is 10.8 Å². The van der Waals surface area contributed by atoms with Gasteiger partial charge < -0.3 is 20.1 Å². The molecule has 0 saturated heterocycles. The van der Waals surface area contributed by atoms with Gasteiger partial charge in [-0.3, -0.25) is 9.59 Å². The minimum Gasteiger partial charge on any atom is -0.497 e. The molecule has 2 aromatic rings. The van der Waals surface area contributed by atoms with E-state index in [2.05, 4.69) is 31.4 Å². The van der Waals surface area contributed by atoms with E-state index in [-0.39, 0.29) is 28.7 Å². The Morgan fingerprint density at radius 3 is 1.84 bits per heavy atom. The molecule has 1 fully saturated rings. The third-order valence-corrected chi connectivity index (χ3v) is 6.16. The van der Waals surface area contributed by atoms with Crippen LogP contribution < -0.4 is 20.1 Å². The van der Waals surface area contributed by atoms with Crippen molar-refractivity contribution in [2.75, 3.05) is 20.8 Å². The Hall–Kier alpha value is -3.02. The molecule has 2 aromatic carbocycles. The molecule has 32 heavy (non-hydrogen) atoms. The van der Waals surface area contributed by atoms with Crippen molar-refractivity contribution >= 4 is 11.8 Å². The van der Waals surface area contributed by atoms with Gasteiger partial charge in [0, 0.05) is 23.7 Å². The Labute approximate surface area is 190 Å². The maximum absolute atomic E-state index is 12.8. The molecule has 172 valence electrons. The normalized spacial score (nSPS) is 22.0. The van der Waals surface area contributed by atoms with Gasteiger partial charge in [-0.25, -0.2) is 0 Å². The van der Waals surface area contributed by atoms with Gasteiger partial charge in [-0.15, -0.1) is 0 Å². The summed E-state index contributed by atoms with van der Waals surface area (Å²) in [4.78, 5) is 25.5. The van der Waals surface area contributed by atoms with Gasteiger partial charge >= 0.3 is 0 Å². The number of hydrogen-bond donors (Lipinski definition) is 2. The monoisotopic (exact) mass is 438 g/mol. The lowest BCUT2D eigenvalue weighted by atomic mass is 9.62. The topological polar surface area (TPSA) is 76.7 Å². The summed E-state index contributed by atoms with van der Waals surface area (Å²) in [6, 6.07) is 14.3. The molecule has 3 rings (SSSR count). The molecule has 0 aliphatic heterocycles. The third kappa shape index (κ3) is 6.02. The van der Waals surface area contributed by atoms with E-state index in [9.17, 15) is 9.59 Å². The Kier molecular flexibility index (Phi) is 7.12. The fourth-order valence-corrected chi connectivity index (χ4v) is 5.02. The lowest BCUT2D eigenvalue weighted by molar-refractivity contribution is 0.0592. The lowest BCUT2D eigenvalue weighted by Crippen LogP contribution is -2.50. The van der Waals surface area contributed by atoms with E-state index in [1.165, 1.54) is 0 Å². The smallest absolute Gasteiger partial charge is 0.251 e. The summed E-state index contributed by atoms with van der Waals surface area (Å²) >= 11 is 0. The number of ether oxygens (including phenoxy) is 2. The molecule has 0 bridgehead atoms. The zero-order valence-corrected chi connectivity index (χ0v) is 19.7. The first-order valence-corrected chi connectivity index (χ1v) is 11.0. The van der Waals surface area contributed by atoms with Crippen molar-refractivity contribution in [3.63, 3.8) is 0 Å². The standard InChI is InChI=1S/C26H34N2O4/c1-25(2)14-20(28-24(30)19-8-12-22(32-5)13-9-19)15-26(3,16-25)17-27-23(29)18-6-10-21(31-4)11-7-18/h6-13,20H,14-17H2,1-5H3,(H,27,29)(H,28,30). The highest BCUT2D eigenvalue weighted by atomic mass is 16.5. The van der Waals surface area contributed by atoms with Gasteiger partial charge in [-0.1, -0.05) is 20.8 Å². The predicted molar refractivity (Wildman–Crippen MR) is 125 cm³/mol. The molecule has 1 aliphatic carbocycles. The zero-order valence-electron chi connectivity index (χ0n) is 19.7. The summed E-state index contributed by atoms with van der Waals surface area (Å²) in [6.07, 6.45) is 2.68. The summed E-state index contributed by atoms with van der Waals surface area (Å²) < 4.78 is 10.3. The molecule has 2 unspecified atom stereocenters. The molecule has 2 N–H and O–H groups in total. The average Bonchev–Trinajstić information content (AvgIpc) is 2.76. The minimum atomic E-state index is -0.123. The van der Waals surface area contributed by atoms with Gasteiger partial charge in [-0.2, -0.15) is 0 Å². The fourth-order valence-electron chi connectivity index (χ4n) is 5.02. The maximum atomic E-state index is 12.8. The molecule has 1 saturated carbocycles. The Morgan fingerprint density at radius 2 is 1.34 bits per heavy atom.